The van der Waals surface area contributed by atoms with Gasteiger partial charge in [-0.2, -0.15) is 0 Å². The van der Waals surface area contributed by atoms with Gasteiger partial charge in [-0.3, -0.25) is 4.79 Å². The molecule has 2 aromatic rings. The molecular weight excluding hydrogens is 372 g/mol. The summed E-state index contributed by atoms with van der Waals surface area (Å²) in [4.78, 5) is 13.1. The fourth-order valence-corrected chi connectivity index (χ4v) is 5.25. The van der Waals surface area contributed by atoms with Crippen LogP contribution in [-0.4, -0.2) is 25.3 Å². The van der Waals surface area contributed by atoms with Crippen molar-refractivity contribution in [3.8, 4) is 0 Å². The molecule has 1 aliphatic carbocycles. The lowest BCUT2D eigenvalue weighted by atomic mass is 9.90. The molecule has 28 heavy (non-hydrogen) atoms. The second-order valence-electron chi connectivity index (χ2n) is 8.20. The minimum atomic E-state index is -3.36. The monoisotopic (exact) mass is 400 g/mol. The van der Waals surface area contributed by atoms with Gasteiger partial charge in [0.15, 0.2) is 0 Å². The quantitative estimate of drug-likeness (QED) is 0.811. The van der Waals surface area contributed by atoms with Crippen LogP contribution in [0.15, 0.2) is 41.2 Å². The third-order valence-electron chi connectivity index (χ3n) is 5.98. The number of hydrogen-bond donors (Lipinski definition) is 1. The van der Waals surface area contributed by atoms with Crippen LogP contribution in [-0.2, 0) is 29.3 Å². The predicted molar refractivity (Wildman–Crippen MR) is 111 cm³/mol. The Bertz CT molecular complexity index is 1040. The van der Waals surface area contributed by atoms with Crippen LogP contribution < -0.4 is 10.3 Å². The van der Waals surface area contributed by atoms with Gasteiger partial charge in [-0.1, -0.05) is 37.3 Å². The van der Waals surface area contributed by atoms with Crippen molar-refractivity contribution in [2.75, 3.05) is 6.26 Å². The molecule has 0 radical (unpaired) electrons. The second-order valence-corrected chi connectivity index (χ2v) is 9.98. The van der Waals surface area contributed by atoms with Crippen LogP contribution in [0.5, 0.6) is 0 Å². The van der Waals surface area contributed by atoms with E-state index in [1.807, 2.05) is 23.6 Å². The van der Waals surface area contributed by atoms with E-state index in [2.05, 4.69) is 29.0 Å². The van der Waals surface area contributed by atoms with Gasteiger partial charge in [-0.05, 0) is 61.6 Å². The fraction of sp³-hybridized carbons (Fsp3) is 0.500. The molecular formula is C22H28N2O3S. The lowest BCUT2D eigenvalue weighted by Crippen LogP contribution is -2.48. The van der Waals surface area contributed by atoms with Crippen molar-refractivity contribution in [3.05, 3.63) is 69.1 Å². The van der Waals surface area contributed by atoms with Gasteiger partial charge in [0.1, 0.15) is 0 Å². The van der Waals surface area contributed by atoms with Crippen molar-refractivity contribution < 1.29 is 8.42 Å². The molecule has 5 nitrogen and oxygen atoms in total. The largest absolute Gasteiger partial charge is 0.307 e. The van der Waals surface area contributed by atoms with Crippen molar-refractivity contribution in [2.24, 2.45) is 0 Å². The lowest BCUT2D eigenvalue weighted by Gasteiger charge is -2.36. The normalized spacial score (nSPS) is 22.1. The Hall–Kier alpha value is -1.92. The summed E-state index contributed by atoms with van der Waals surface area (Å²) in [6, 6.07) is 12.0. The minimum absolute atomic E-state index is 0.0170. The summed E-state index contributed by atoms with van der Waals surface area (Å²) in [6.45, 7) is 1.98. The fourth-order valence-electron chi connectivity index (χ4n) is 4.42. The van der Waals surface area contributed by atoms with Gasteiger partial charge >= 0.3 is 0 Å². The molecule has 0 unspecified atom stereocenters. The first-order valence-corrected chi connectivity index (χ1v) is 12.0. The predicted octanol–water partition coefficient (Wildman–Crippen LogP) is 2.94. The van der Waals surface area contributed by atoms with Crippen LogP contribution in [0.2, 0.25) is 0 Å². The number of sulfonamides is 1. The van der Waals surface area contributed by atoms with E-state index in [-0.39, 0.29) is 17.6 Å². The summed E-state index contributed by atoms with van der Waals surface area (Å²) in [5, 5.41) is 0. The number of hydrogen-bond acceptors (Lipinski definition) is 3. The highest BCUT2D eigenvalue weighted by Gasteiger charge is 2.33. The van der Waals surface area contributed by atoms with E-state index in [1.165, 1.54) is 24.7 Å². The van der Waals surface area contributed by atoms with E-state index in [4.69, 9.17) is 0 Å². The first-order valence-electron chi connectivity index (χ1n) is 10.1. The molecule has 4 rings (SSSR count). The Morgan fingerprint density at radius 1 is 1.14 bits per heavy atom. The van der Waals surface area contributed by atoms with Crippen LogP contribution in [0.3, 0.4) is 0 Å². The summed E-state index contributed by atoms with van der Waals surface area (Å²) in [5.74, 6) is 0.665. The number of benzene rings is 1. The van der Waals surface area contributed by atoms with Crippen molar-refractivity contribution >= 4 is 10.0 Å². The van der Waals surface area contributed by atoms with Crippen molar-refractivity contribution in [1.82, 2.24) is 9.29 Å². The van der Waals surface area contributed by atoms with Crippen LogP contribution in [0, 0.1) is 0 Å². The number of nitrogens with zero attached hydrogens (tertiary/aromatic N) is 1. The Labute approximate surface area is 166 Å². The average molecular weight is 401 g/mol. The molecule has 1 N–H and O–H groups in total. The molecule has 2 atom stereocenters. The Kier molecular flexibility index (Phi) is 5.19. The van der Waals surface area contributed by atoms with Crippen LogP contribution in [0.4, 0.5) is 0 Å². The number of nitrogens with one attached hydrogen (secondary N) is 1. The van der Waals surface area contributed by atoms with E-state index in [0.717, 1.165) is 16.8 Å². The summed E-state index contributed by atoms with van der Waals surface area (Å²) in [7, 11) is -3.36. The summed E-state index contributed by atoms with van der Waals surface area (Å²) >= 11 is 0. The average Bonchev–Trinajstić information content (AvgIpc) is 3.48. The highest BCUT2D eigenvalue weighted by atomic mass is 32.2. The minimum Gasteiger partial charge on any atom is -0.307 e. The zero-order chi connectivity index (χ0) is 19.9. The maximum Gasteiger partial charge on any atom is 0.254 e. The van der Waals surface area contributed by atoms with Crippen LogP contribution in [0.1, 0.15) is 60.5 Å². The highest BCUT2D eigenvalue weighted by molar-refractivity contribution is 7.88. The van der Waals surface area contributed by atoms with Crippen molar-refractivity contribution in [2.45, 2.75) is 63.5 Å². The molecule has 0 saturated heterocycles. The molecule has 1 aromatic carbocycles. The number of aromatic nitrogens is 1. The van der Waals surface area contributed by atoms with E-state index in [0.29, 0.717) is 31.6 Å². The Balaban J connectivity index is 1.75. The first kappa shape index (κ1) is 19.4. The third kappa shape index (κ3) is 4.08. The molecule has 0 spiro atoms. The molecule has 1 aliphatic heterocycles. The molecule has 2 aliphatic rings. The standard InChI is InChI=1S/C22H28N2O3S/c1-3-16-9-10-19-11-12-20(23-28(2,26)27)21(24(19)22(16)25)14-15-5-4-6-18(13-15)17-7-8-17/h4-6,9-10,13,17,20-21,23H,3,7-8,11-12,14H2,1-2H3/t20-,21-/m0/s1. The molecule has 1 fully saturated rings. The van der Waals surface area contributed by atoms with Gasteiger partial charge < -0.3 is 4.57 Å². The molecule has 2 heterocycles. The first-order chi connectivity index (χ1) is 13.4. The zero-order valence-electron chi connectivity index (χ0n) is 16.5. The Morgan fingerprint density at radius 2 is 1.93 bits per heavy atom. The van der Waals surface area contributed by atoms with Gasteiger partial charge in [0.2, 0.25) is 10.0 Å². The van der Waals surface area contributed by atoms with Crippen LogP contribution >= 0.6 is 0 Å². The van der Waals surface area contributed by atoms with Gasteiger partial charge in [-0.25, -0.2) is 13.1 Å². The molecule has 0 bridgehead atoms. The lowest BCUT2D eigenvalue weighted by molar-refractivity contribution is 0.314. The van der Waals surface area contributed by atoms with Gasteiger partial charge in [0, 0.05) is 17.3 Å². The van der Waals surface area contributed by atoms with E-state index >= 15 is 0 Å². The smallest absolute Gasteiger partial charge is 0.254 e. The number of pyridine rings is 1. The maximum absolute atomic E-state index is 13.1. The maximum atomic E-state index is 13.1. The van der Waals surface area contributed by atoms with E-state index in [9.17, 15) is 13.2 Å². The number of aryl methyl sites for hydroxylation is 2. The topological polar surface area (TPSA) is 68.2 Å². The van der Waals surface area contributed by atoms with Gasteiger partial charge in [0.25, 0.3) is 5.56 Å². The van der Waals surface area contributed by atoms with E-state index < -0.39 is 10.0 Å². The number of rotatable bonds is 6. The second kappa shape index (κ2) is 7.48. The SMILES string of the molecule is CCc1ccc2n(c1=O)[C@@H](Cc1cccc(C3CC3)c1)[C@@H](NS(C)(=O)=O)CC2. The van der Waals surface area contributed by atoms with Crippen molar-refractivity contribution in [3.63, 3.8) is 0 Å². The zero-order valence-corrected chi connectivity index (χ0v) is 17.3. The molecule has 6 heteroatoms. The van der Waals surface area contributed by atoms with Gasteiger partial charge in [0.05, 0.1) is 12.3 Å². The summed E-state index contributed by atoms with van der Waals surface area (Å²) in [5.41, 5.74) is 4.31. The summed E-state index contributed by atoms with van der Waals surface area (Å²) in [6.07, 6.45) is 6.40. The highest BCUT2D eigenvalue weighted by Crippen LogP contribution is 2.40. The van der Waals surface area contributed by atoms with E-state index in [1.54, 1.807) is 0 Å². The summed E-state index contributed by atoms with van der Waals surface area (Å²) < 4.78 is 28.6. The van der Waals surface area contributed by atoms with Crippen LogP contribution in [0.25, 0.3) is 0 Å². The third-order valence-corrected chi connectivity index (χ3v) is 6.71. The molecule has 150 valence electrons. The van der Waals surface area contributed by atoms with Crippen molar-refractivity contribution in [1.29, 1.82) is 0 Å². The number of fused-ring (bicyclic) bond motifs is 1. The molecule has 1 saturated carbocycles. The molecule has 0 amide bonds. The molecule has 1 aromatic heterocycles. The Morgan fingerprint density at radius 3 is 2.61 bits per heavy atom. The van der Waals surface area contributed by atoms with Gasteiger partial charge in [-0.15, -0.1) is 0 Å².